The Kier molecular flexibility index (Phi) is 5.92. The fourth-order valence-electron chi connectivity index (χ4n) is 7.82. The second-order valence-corrected chi connectivity index (χ2v) is 12.0. The molecule has 1 saturated carbocycles. The molecule has 3 aliphatic carbocycles. The lowest BCUT2D eigenvalue weighted by Gasteiger charge is -2.54. The molecule has 2 aromatic rings. The average Bonchev–Trinajstić information content (AvgIpc) is 3.21. The molecule has 9 heteroatoms. The Morgan fingerprint density at radius 2 is 1.71 bits per heavy atom. The van der Waals surface area contributed by atoms with Gasteiger partial charge >= 0.3 is 0 Å². The van der Waals surface area contributed by atoms with Crippen molar-refractivity contribution < 1.29 is 29.2 Å². The maximum absolute atomic E-state index is 14.0. The van der Waals surface area contributed by atoms with E-state index in [0.717, 1.165) is 16.0 Å². The summed E-state index contributed by atoms with van der Waals surface area (Å²) in [7, 11) is 0. The Hall–Kier alpha value is -4.40. The highest BCUT2D eigenvalue weighted by molar-refractivity contribution is 6.22. The number of hydrogen-bond donors (Lipinski definition) is 1. The number of nitro groups is 1. The molecule has 1 heterocycles. The lowest BCUT2D eigenvalue weighted by atomic mass is 9.46. The number of nitro benzene ring substituents is 1. The zero-order valence-corrected chi connectivity index (χ0v) is 23.2. The predicted molar refractivity (Wildman–Crippen MR) is 149 cm³/mol. The van der Waals surface area contributed by atoms with Gasteiger partial charge in [-0.2, -0.15) is 0 Å². The third-order valence-electron chi connectivity index (χ3n) is 10.0. The summed E-state index contributed by atoms with van der Waals surface area (Å²) in [5.41, 5.74) is 1.92. The number of Topliss-reactive ketones (excluding diaryl/α,β-unsaturated/α-hetero) is 2. The third kappa shape index (κ3) is 3.60. The van der Waals surface area contributed by atoms with E-state index in [2.05, 4.69) is 0 Å². The molecule has 1 aliphatic heterocycles. The maximum atomic E-state index is 14.0. The van der Waals surface area contributed by atoms with Crippen molar-refractivity contribution in [2.45, 2.75) is 46.5 Å². The van der Waals surface area contributed by atoms with E-state index in [9.17, 15) is 34.4 Å². The molecule has 0 aromatic heterocycles. The van der Waals surface area contributed by atoms with Crippen LogP contribution in [0.1, 0.15) is 50.7 Å². The molecule has 6 atom stereocenters. The Morgan fingerprint density at radius 1 is 0.976 bits per heavy atom. The van der Waals surface area contributed by atoms with E-state index in [1.807, 2.05) is 19.1 Å². The number of allylic oxidation sites excluding steroid dienone is 4. The molecule has 0 radical (unpaired) electrons. The molecule has 2 aromatic carbocycles. The minimum absolute atomic E-state index is 0.108. The predicted octanol–water partition coefficient (Wildman–Crippen LogP) is 4.96. The summed E-state index contributed by atoms with van der Waals surface area (Å²) < 4.78 is 0. The normalized spacial score (nSPS) is 31.1. The first-order valence-corrected chi connectivity index (χ1v) is 13.8. The molecule has 0 unspecified atom stereocenters. The lowest BCUT2D eigenvalue weighted by Crippen LogP contribution is -2.55. The van der Waals surface area contributed by atoms with Crippen LogP contribution in [0.3, 0.4) is 0 Å². The van der Waals surface area contributed by atoms with Crippen LogP contribution < -0.4 is 4.90 Å². The number of nitrogens with zero attached hydrogens (tertiary/aromatic N) is 2. The number of carbonyl (C=O) groups is 4. The molecule has 41 heavy (non-hydrogen) atoms. The Labute approximate surface area is 236 Å². The number of phenolic OH excluding ortho intramolecular Hbond substituents is 1. The van der Waals surface area contributed by atoms with Crippen molar-refractivity contribution in [3.8, 4) is 5.75 Å². The third-order valence-corrected chi connectivity index (χ3v) is 10.0. The molecule has 4 aliphatic rings. The van der Waals surface area contributed by atoms with Gasteiger partial charge in [-0.05, 0) is 73.9 Å². The standard InChI is InChI=1S/C32H30N2O7/c1-15-12-18(8-11-25(15)35)27-21-9-10-22-26(23(21)14-24-28(36)16(2)17(3)29(37)32(24,27)4)31(39)33(30(22)38)19-6-5-7-20(13-19)34(40)41/h5-9,11-13,22-24,26-27,35H,10,14H2,1-4H3/t22-,23+,24-,26-,27-,32+/m0/s1. The Morgan fingerprint density at radius 3 is 2.39 bits per heavy atom. The number of aryl methyl sites for hydroxylation is 1. The van der Waals surface area contributed by atoms with E-state index < -0.39 is 51.7 Å². The summed E-state index contributed by atoms with van der Waals surface area (Å²) in [6, 6.07) is 10.6. The molecule has 6 rings (SSSR count). The van der Waals surface area contributed by atoms with E-state index >= 15 is 0 Å². The van der Waals surface area contributed by atoms with Crippen molar-refractivity contribution >= 4 is 34.8 Å². The zero-order valence-electron chi connectivity index (χ0n) is 23.2. The number of fused-ring (bicyclic) bond motifs is 4. The van der Waals surface area contributed by atoms with Gasteiger partial charge in [-0.1, -0.05) is 36.8 Å². The van der Waals surface area contributed by atoms with Gasteiger partial charge in [-0.3, -0.25) is 29.3 Å². The van der Waals surface area contributed by atoms with Crippen molar-refractivity contribution in [3.05, 3.63) is 86.5 Å². The van der Waals surface area contributed by atoms with Crippen molar-refractivity contribution in [1.82, 2.24) is 0 Å². The number of anilines is 1. The zero-order chi connectivity index (χ0) is 29.5. The molecule has 2 amide bonds. The second-order valence-electron chi connectivity index (χ2n) is 12.0. The van der Waals surface area contributed by atoms with Gasteiger partial charge in [-0.15, -0.1) is 0 Å². The molecular formula is C32H30N2O7. The molecule has 210 valence electrons. The highest BCUT2D eigenvalue weighted by Gasteiger charge is 2.64. The van der Waals surface area contributed by atoms with Gasteiger partial charge in [0.15, 0.2) is 11.6 Å². The van der Waals surface area contributed by atoms with E-state index in [1.165, 1.54) is 24.3 Å². The topological polar surface area (TPSA) is 135 Å². The first-order chi connectivity index (χ1) is 19.4. The van der Waals surface area contributed by atoms with Gasteiger partial charge in [0.1, 0.15) is 5.75 Å². The van der Waals surface area contributed by atoms with Crippen molar-refractivity contribution in [2.24, 2.45) is 29.1 Å². The smallest absolute Gasteiger partial charge is 0.271 e. The number of imide groups is 1. The number of non-ortho nitro benzene ring substituents is 1. The van der Waals surface area contributed by atoms with Gasteiger partial charge in [0, 0.05) is 24.0 Å². The first-order valence-electron chi connectivity index (χ1n) is 13.8. The number of hydrogen-bond acceptors (Lipinski definition) is 7. The largest absolute Gasteiger partial charge is 0.508 e. The number of ketones is 2. The summed E-state index contributed by atoms with van der Waals surface area (Å²) in [6.45, 7) is 6.95. The van der Waals surface area contributed by atoms with Crippen LogP contribution in [0, 0.1) is 46.1 Å². The highest BCUT2D eigenvalue weighted by atomic mass is 16.6. The average molecular weight is 555 g/mol. The van der Waals surface area contributed by atoms with Crippen LogP contribution >= 0.6 is 0 Å². The van der Waals surface area contributed by atoms with Crippen molar-refractivity contribution in [3.63, 3.8) is 0 Å². The van der Waals surface area contributed by atoms with Crippen LogP contribution in [0.5, 0.6) is 5.75 Å². The van der Waals surface area contributed by atoms with Crippen molar-refractivity contribution in [1.29, 1.82) is 0 Å². The molecule has 9 nitrogen and oxygen atoms in total. The molecular weight excluding hydrogens is 524 g/mol. The molecule has 1 saturated heterocycles. The quantitative estimate of drug-likeness (QED) is 0.245. The van der Waals surface area contributed by atoms with Crippen LogP contribution in [0.25, 0.3) is 0 Å². The van der Waals surface area contributed by atoms with E-state index in [1.54, 1.807) is 32.9 Å². The van der Waals surface area contributed by atoms with Crippen LogP contribution in [-0.4, -0.2) is 33.4 Å². The van der Waals surface area contributed by atoms with Crippen LogP contribution in [0.4, 0.5) is 11.4 Å². The highest BCUT2D eigenvalue weighted by Crippen LogP contribution is 2.63. The summed E-state index contributed by atoms with van der Waals surface area (Å²) in [6.07, 6.45) is 2.48. The van der Waals surface area contributed by atoms with Gasteiger partial charge in [-0.25, -0.2) is 4.90 Å². The SMILES string of the molecule is CC1=C(C)C(=O)[C@@]2(C)[C@@H](c3ccc(O)c(C)c3)C3=CC[C@@H]4C(=O)N(c5cccc([N+](=O)[O-])c5)C(=O)[C@@H]4[C@@H]3C[C@H]2C1=O. The molecule has 0 bridgehead atoms. The number of amides is 2. The van der Waals surface area contributed by atoms with Crippen LogP contribution in [0.2, 0.25) is 0 Å². The van der Waals surface area contributed by atoms with Gasteiger partial charge < -0.3 is 5.11 Å². The fraction of sp³-hybridized carbons (Fsp3) is 0.375. The van der Waals surface area contributed by atoms with Gasteiger partial charge in [0.25, 0.3) is 5.69 Å². The summed E-state index contributed by atoms with van der Waals surface area (Å²) in [5, 5.41) is 21.6. The Bertz CT molecular complexity index is 1650. The monoisotopic (exact) mass is 554 g/mol. The van der Waals surface area contributed by atoms with E-state index in [-0.39, 0.29) is 41.5 Å². The Balaban J connectivity index is 1.50. The summed E-state index contributed by atoms with van der Waals surface area (Å²) in [4.78, 5) is 67.4. The van der Waals surface area contributed by atoms with E-state index in [0.29, 0.717) is 16.7 Å². The molecule has 0 spiro atoms. The lowest BCUT2D eigenvalue weighted by molar-refractivity contribution is -0.384. The number of phenols is 1. The number of aromatic hydroxyl groups is 1. The number of benzene rings is 2. The first kappa shape index (κ1) is 26.8. The molecule has 1 N–H and O–H groups in total. The second kappa shape index (κ2) is 9.06. The minimum atomic E-state index is -1.11. The molecule has 2 fully saturated rings. The van der Waals surface area contributed by atoms with Gasteiger partial charge in [0.2, 0.25) is 11.8 Å². The van der Waals surface area contributed by atoms with Crippen molar-refractivity contribution in [2.75, 3.05) is 4.90 Å². The maximum Gasteiger partial charge on any atom is 0.271 e. The van der Waals surface area contributed by atoms with Crippen LogP contribution in [0.15, 0.2) is 65.3 Å². The van der Waals surface area contributed by atoms with E-state index in [4.69, 9.17) is 0 Å². The minimum Gasteiger partial charge on any atom is -0.508 e. The van der Waals surface area contributed by atoms with Gasteiger partial charge in [0.05, 0.1) is 27.9 Å². The fourth-order valence-corrected chi connectivity index (χ4v) is 7.82. The number of carbonyl (C=O) groups excluding carboxylic acids is 4. The number of rotatable bonds is 3. The summed E-state index contributed by atoms with van der Waals surface area (Å²) in [5.74, 6) is -4.14. The van der Waals surface area contributed by atoms with Crippen LogP contribution in [-0.2, 0) is 19.2 Å². The summed E-state index contributed by atoms with van der Waals surface area (Å²) >= 11 is 0.